The summed E-state index contributed by atoms with van der Waals surface area (Å²) in [7, 11) is 0. The van der Waals surface area contributed by atoms with Crippen molar-refractivity contribution in [3.05, 3.63) is 29.6 Å². The van der Waals surface area contributed by atoms with Crippen LogP contribution >= 0.6 is 0 Å². The van der Waals surface area contributed by atoms with Crippen molar-refractivity contribution in [1.82, 2.24) is 20.5 Å². The quantitative estimate of drug-likeness (QED) is 0.891. The molecule has 0 saturated carbocycles. The predicted molar refractivity (Wildman–Crippen MR) is 88.8 cm³/mol. The van der Waals surface area contributed by atoms with Crippen LogP contribution in [0, 0.1) is 6.92 Å². The third kappa shape index (κ3) is 4.94. The first kappa shape index (κ1) is 17.2. The van der Waals surface area contributed by atoms with Crippen LogP contribution in [0.4, 0.5) is 4.79 Å². The molecule has 23 heavy (non-hydrogen) atoms. The lowest BCUT2D eigenvalue weighted by atomic mass is 10.0. The average molecular weight is 318 g/mol. The highest BCUT2D eigenvalue weighted by Crippen LogP contribution is 2.17. The molecule has 2 heterocycles. The summed E-state index contributed by atoms with van der Waals surface area (Å²) < 4.78 is 0. The van der Waals surface area contributed by atoms with E-state index >= 15 is 0 Å². The van der Waals surface area contributed by atoms with Gasteiger partial charge in [-0.2, -0.15) is 0 Å². The number of nitrogens with one attached hydrogen (secondary N) is 2. The van der Waals surface area contributed by atoms with Gasteiger partial charge in [0.15, 0.2) is 0 Å². The van der Waals surface area contributed by atoms with Crippen molar-refractivity contribution in [2.75, 3.05) is 6.54 Å². The number of urea groups is 1. The van der Waals surface area contributed by atoms with Crippen LogP contribution in [0.2, 0.25) is 0 Å². The molecule has 0 spiro atoms. The Hall–Kier alpha value is -2.11. The molecule has 2 N–H and O–H groups in total. The van der Waals surface area contributed by atoms with E-state index in [-0.39, 0.29) is 18.0 Å². The SMILES string of the molecule is Cc1cccc(CNC(=O)N[C@H](C)C(=O)N2CCCC[C@H]2C)n1. The number of aromatic nitrogens is 1. The molecule has 1 aromatic rings. The fourth-order valence-electron chi connectivity index (χ4n) is 2.85. The molecule has 1 fully saturated rings. The van der Waals surface area contributed by atoms with Crippen molar-refractivity contribution in [2.45, 2.75) is 58.7 Å². The van der Waals surface area contributed by atoms with Crippen molar-refractivity contribution in [3.63, 3.8) is 0 Å². The molecule has 126 valence electrons. The van der Waals surface area contributed by atoms with Crippen LogP contribution in [0.25, 0.3) is 0 Å². The van der Waals surface area contributed by atoms with Gasteiger partial charge in [0.05, 0.1) is 12.2 Å². The van der Waals surface area contributed by atoms with Crippen molar-refractivity contribution < 1.29 is 9.59 Å². The van der Waals surface area contributed by atoms with Crippen LogP contribution in [0.5, 0.6) is 0 Å². The fourth-order valence-corrected chi connectivity index (χ4v) is 2.85. The Labute approximate surface area is 137 Å². The van der Waals surface area contributed by atoms with Crippen LogP contribution in [0.1, 0.15) is 44.5 Å². The molecule has 1 saturated heterocycles. The number of likely N-dealkylation sites (tertiary alicyclic amines) is 1. The number of hydrogen-bond donors (Lipinski definition) is 2. The number of aryl methyl sites for hydroxylation is 1. The second-order valence-corrected chi connectivity index (χ2v) is 6.20. The summed E-state index contributed by atoms with van der Waals surface area (Å²) in [4.78, 5) is 30.6. The molecular formula is C17H26N4O2. The molecular weight excluding hydrogens is 292 g/mol. The normalized spacial score (nSPS) is 19.1. The van der Waals surface area contributed by atoms with Crippen molar-refractivity contribution in [3.8, 4) is 0 Å². The van der Waals surface area contributed by atoms with E-state index < -0.39 is 6.04 Å². The zero-order valence-electron chi connectivity index (χ0n) is 14.1. The molecule has 1 aliphatic heterocycles. The Morgan fingerprint density at radius 3 is 2.87 bits per heavy atom. The third-order valence-corrected chi connectivity index (χ3v) is 4.18. The topological polar surface area (TPSA) is 74.3 Å². The van der Waals surface area contributed by atoms with E-state index in [9.17, 15) is 9.59 Å². The molecule has 2 rings (SSSR count). The second-order valence-electron chi connectivity index (χ2n) is 6.20. The largest absolute Gasteiger partial charge is 0.338 e. The maximum Gasteiger partial charge on any atom is 0.315 e. The Balaban J connectivity index is 1.80. The van der Waals surface area contributed by atoms with E-state index in [2.05, 4.69) is 22.5 Å². The van der Waals surface area contributed by atoms with Crippen LogP contribution in [0.15, 0.2) is 18.2 Å². The highest BCUT2D eigenvalue weighted by Gasteiger charge is 2.27. The van der Waals surface area contributed by atoms with E-state index in [1.807, 2.05) is 30.0 Å². The number of hydrogen-bond acceptors (Lipinski definition) is 3. The molecule has 0 aromatic carbocycles. The van der Waals surface area contributed by atoms with Crippen molar-refractivity contribution in [1.29, 1.82) is 0 Å². The molecule has 1 aliphatic rings. The monoisotopic (exact) mass is 318 g/mol. The minimum atomic E-state index is -0.527. The van der Waals surface area contributed by atoms with E-state index in [0.29, 0.717) is 6.54 Å². The fraction of sp³-hybridized carbons (Fsp3) is 0.588. The highest BCUT2D eigenvalue weighted by molar-refractivity contribution is 5.86. The number of amides is 3. The molecule has 6 nitrogen and oxygen atoms in total. The van der Waals surface area contributed by atoms with Gasteiger partial charge in [-0.3, -0.25) is 9.78 Å². The smallest absolute Gasteiger partial charge is 0.315 e. The van der Waals surface area contributed by atoms with E-state index in [0.717, 1.165) is 37.2 Å². The van der Waals surface area contributed by atoms with Gasteiger partial charge in [-0.1, -0.05) is 6.07 Å². The number of pyridine rings is 1. The molecule has 6 heteroatoms. The van der Waals surface area contributed by atoms with Gasteiger partial charge in [-0.15, -0.1) is 0 Å². The summed E-state index contributed by atoms with van der Waals surface area (Å²) in [6.45, 7) is 6.82. The summed E-state index contributed by atoms with van der Waals surface area (Å²) in [5, 5.41) is 5.46. The Morgan fingerprint density at radius 1 is 1.39 bits per heavy atom. The van der Waals surface area contributed by atoms with Gasteiger partial charge in [0.2, 0.25) is 5.91 Å². The predicted octanol–water partition coefficient (Wildman–Crippen LogP) is 1.98. The third-order valence-electron chi connectivity index (χ3n) is 4.18. The van der Waals surface area contributed by atoms with Gasteiger partial charge < -0.3 is 15.5 Å². The number of nitrogens with zero attached hydrogens (tertiary/aromatic N) is 2. The first-order valence-corrected chi connectivity index (χ1v) is 8.24. The maximum absolute atomic E-state index is 12.4. The van der Waals surface area contributed by atoms with Crippen LogP contribution in [-0.4, -0.2) is 40.5 Å². The van der Waals surface area contributed by atoms with Crippen molar-refractivity contribution in [2.24, 2.45) is 0 Å². The number of carbonyl (C=O) groups is 2. The highest BCUT2D eigenvalue weighted by atomic mass is 16.2. The minimum absolute atomic E-state index is 0.0129. The van der Waals surface area contributed by atoms with E-state index in [1.54, 1.807) is 6.92 Å². The lowest BCUT2D eigenvalue weighted by molar-refractivity contribution is -0.136. The lowest BCUT2D eigenvalue weighted by Crippen LogP contribution is -2.53. The zero-order chi connectivity index (χ0) is 16.8. The van der Waals surface area contributed by atoms with Crippen LogP contribution < -0.4 is 10.6 Å². The molecule has 3 amide bonds. The summed E-state index contributed by atoms with van der Waals surface area (Å²) in [6, 6.07) is 5.04. The van der Waals surface area contributed by atoms with Gasteiger partial charge >= 0.3 is 6.03 Å². The molecule has 0 radical (unpaired) electrons. The Morgan fingerprint density at radius 2 is 2.17 bits per heavy atom. The summed E-state index contributed by atoms with van der Waals surface area (Å²) >= 11 is 0. The number of piperidine rings is 1. The number of rotatable bonds is 4. The van der Waals surface area contributed by atoms with E-state index in [1.165, 1.54) is 0 Å². The van der Waals surface area contributed by atoms with Gasteiger partial charge in [0.1, 0.15) is 6.04 Å². The average Bonchev–Trinajstić information content (AvgIpc) is 2.53. The standard InChI is InChI=1S/C17H26N4O2/c1-12-7-6-9-15(19-12)11-18-17(23)20-14(3)16(22)21-10-5-4-8-13(21)2/h6-7,9,13-14H,4-5,8,10-11H2,1-3H3,(H2,18,20,23)/t13-,14-/m1/s1. The lowest BCUT2D eigenvalue weighted by Gasteiger charge is -2.35. The zero-order valence-corrected chi connectivity index (χ0v) is 14.1. The second kappa shape index (κ2) is 7.94. The Kier molecular flexibility index (Phi) is 5.96. The van der Waals surface area contributed by atoms with Gasteiger partial charge in [-0.05, 0) is 52.2 Å². The number of carbonyl (C=O) groups excluding carboxylic acids is 2. The van der Waals surface area contributed by atoms with Gasteiger partial charge in [0, 0.05) is 18.3 Å². The molecule has 1 aromatic heterocycles. The molecule has 2 atom stereocenters. The molecule has 0 aliphatic carbocycles. The van der Waals surface area contributed by atoms with E-state index in [4.69, 9.17) is 0 Å². The Bertz CT molecular complexity index is 561. The first-order chi connectivity index (χ1) is 11.0. The van der Waals surface area contributed by atoms with Crippen LogP contribution in [-0.2, 0) is 11.3 Å². The van der Waals surface area contributed by atoms with Crippen LogP contribution in [0.3, 0.4) is 0 Å². The maximum atomic E-state index is 12.4. The van der Waals surface area contributed by atoms with Gasteiger partial charge in [-0.25, -0.2) is 4.79 Å². The summed E-state index contributed by atoms with van der Waals surface area (Å²) in [5.41, 5.74) is 1.70. The molecule has 0 unspecified atom stereocenters. The minimum Gasteiger partial charge on any atom is -0.338 e. The first-order valence-electron chi connectivity index (χ1n) is 8.24. The summed E-state index contributed by atoms with van der Waals surface area (Å²) in [5.74, 6) is -0.0129. The van der Waals surface area contributed by atoms with Crippen molar-refractivity contribution >= 4 is 11.9 Å². The summed E-state index contributed by atoms with van der Waals surface area (Å²) in [6.07, 6.45) is 3.23. The van der Waals surface area contributed by atoms with Gasteiger partial charge in [0.25, 0.3) is 0 Å². The molecule has 0 bridgehead atoms.